The van der Waals surface area contributed by atoms with Gasteiger partial charge in [-0.2, -0.15) is 0 Å². The second-order valence-electron chi connectivity index (χ2n) is 4.88. The maximum absolute atomic E-state index is 11.2. The molecule has 0 aliphatic carbocycles. The van der Waals surface area contributed by atoms with Crippen molar-refractivity contribution in [2.45, 2.75) is 0 Å². The first-order valence-corrected chi connectivity index (χ1v) is 8.38. The van der Waals surface area contributed by atoms with Crippen molar-refractivity contribution in [1.29, 1.82) is 0 Å². The zero-order valence-electron chi connectivity index (χ0n) is 14.6. The Balaban J connectivity index is 0. The van der Waals surface area contributed by atoms with Gasteiger partial charge in [0.05, 0.1) is 26.3 Å². The van der Waals surface area contributed by atoms with Crippen LogP contribution in [0.1, 0.15) is 11.1 Å². The summed E-state index contributed by atoms with van der Waals surface area (Å²) in [5.74, 6) is -0.239. The van der Waals surface area contributed by atoms with E-state index in [0.29, 0.717) is 34.3 Å². The molecule has 0 saturated heterocycles. The molecule has 0 bridgehead atoms. The first-order valence-electron chi connectivity index (χ1n) is 7.62. The van der Waals surface area contributed by atoms with Crippen molar-refractivity contribution in [1.82, 2.24) is 0 Å². The van der Waals surface area contributed by atoms with Gasteiger partial charge in [-0.15, -0.1) is 0 Å². The second kappa shape index (κ2) is 16.3. The van der Waals surface area contributed by atoms with Crippen LogP contribution in [0.3, 0.4) is 0 Å². The fraction of sp³-hybridized carbons (Fsp3) is 0.222. The summed E-state index contributed by atoms with van der Waals surface area (Å²) in [4.78, 5) is 7.66. The van der Waals surface area contributed by atoms with Crippen molar-refractivity contribution >= 4 is 35.6 Å². The van der Waals surface area contributed by atoms with E-state index in [1.54, 1.807) is 12.1 Å². The van der Waals surface area contributed by atoms with Crippen LogP contribution in [0.2, 0.25) is 10.0 Å². The van der Waals surface area contributed by atoms with Gasteiger partial charge in [0, 0.05) is 22.5 Å². The van der Waals surface area contributed by atoms with E-state index < -0.39 is 0 Å². The van der Waals surface area contributed by atoms with E-state index in [4.69, 9.17) is 33.4 Å². The predicted octanol–water partition coefficient (Wildman–Crippen LogP) is 0.822. The molecular formula is C18H20Cl2N2NiO5. The van der Waals surface area contributed by atoms with Crippen molar-refractivity contribution in [2.75, 3.05) is 26.3 Å². The Morgan fingerprint density at radius 2 is 1.14 bits per heavy atom. The summed E-state index contributed by atoms with van der Waals surface area (Å²) in [6.45, 7) is 0.550. The summed E-state index contributed by atoms with van der Waals surface area (Å²) < 4.78 is 0. The summed E-state index contributed by atoms with van der Waals surface area (Å²) in [7, 11) is 0. The van der Waals surface area contributed by atoms with Gasteiger partial charge in [-0.25, -0.2) is 0 Å². The molecule has 0 atom stereocenters. The fourth-order valence-corrected chi connectivity index (χ4v) is 2.04. The SMILES string of the molecule is O.[Ni+2].[O-]c1ccc(Cl)cc1C=NCCO.[O-]c1ccc(Cl)cc1C=NCCO. The number of benzene rings is 2. The molecule has 0 spiro atoms. The van der Waals surface area contributed by atoms with E-state index >= 15 is 0 Å². The monoisotopic (exact) mass is 472 g/mol. The minimum atomic E-state index is -0.119. The molecular weight excluding hydrogens is 454 g/mol. The Bertz CT molecular complexity index is 697. The van der Waals surface area contributed by atoms with Gasteiger partial charge in [0.2, 0.25) is 0 Å². The van der Waals surface area contributed by atoms with Crippen molar-refractivity contribution < 1.29 is 42.4 Å². The van der Waals surface area contributed by atoms with Crippen LogP contribution >= 0.6 is 23.2 Å². The number of halogens is 2. The fourth-order valence-electron chi connectivity index (χ4n) is 1.68. The smallest absolute Gasteiger partial charge is 0.872 e. The Kier molecular flexibility index (Phi) is 16.6. The predicted molar refractivity (Wildman–Crippen MR) is 105 cm³/mol. The minimum Gasteiger partial charge on any atom is -0.872 e. The summed E-state index contributed by atoms with van der Waals surface area (Å²) in [5.41, 5.74) is 0.891. The third-order valence-corrected chi connectivity index (χ3v) is 3.33. The third-order valence-electron chi connectivity index (χ3n) is 2.86. The Labute approximate surface area is 183 Å². The van der Waals surface area contributed by atoms with Crippen LogP contribution in [-0.4, -0.2) is 54.4 Å². The number of hydrogen-bond donors (Lipinski definition) is 2. The maximum atomic E-state index is 11.2. The molecule has 0 aliphatic heterocycles. The first kappa shape index (κ1) is 28.5. The third kappa shape index (κ3) is 11.2. The first-order chi connectivity index (χ1) is 12.5. The van der Waals surface area contributed by atoms with Crippen LogP contribution in [-0.2, 0) is 16.5 Å². The molecule has 0 radical (unpaired) electrons. The van der Waals surface area contributed by atoms with E-state index in [1.165, 1.54) is 36.7 Å². The summed E-state index contributed by atoms with van der Waals surface area (Å²) in [6.07, 6.45) is 2.84. The number of aliphatic hydroxyl groups excluding tert-OH is 2. The molecule has 2 aromatic carbocycles. The van der Waals surface area contributed by atoms with Gasteiger partial charge in [0.1, 0.15) is 0 Å². The van der Waals surface area contributed by atoms with Crippen molar-refractivity contribution in [2.24, 2.45) is 9.98 Å². The van der Waals surface area contributed by atoms with Gasteiger partial charge < -0.3 is 25.9 Å². The normalized spacial score (nSPS) is 10.1. The largest absolute Gasteiger partial charge is 2.00 e. The molecule has 10 heteroatoms. The van der Waals surface area contributed by atoms with Crippen LogP contribution in [0.15, 0.2) is 46.4 Å². The van der Waals surface area contributed by atoms with E-state index in [9.17, 15) is 10.2 Å². The molecule has 0 unspecified atom stereocenters. The van der Waals surface area contributed by atoms with E-state index in [2.05, 4.69) is 9.98 Å². The average Bonchev–Trinajstić information content (AvgIpc) is 2.62. The number of nitrogens with zero attached hydrogens (tertiary/aromatic N) is 2. The number of aliphatic hydroxyl groups is 2. The zero-order chi connectivity index (χ0) is 19.4. The topological polar surface area (TPSA) is 143 Å². The molecule has 0 amide bonds. The van der Waals surface area contributed by atoms with Crippen LogP contribution < -0.4 is 10.2 Å². The Hall–Kier alpha value is -1.67. The molecule has 156 valence electrons. The zero-order valence-corrected chi connectivity index (χ0v) is 17.1. The Morgan fingerprint density at radius 1 is 0.786 bits per heavy atom. The molecule has 7 nitrogen and oxygen atoms in total. The quantitative estimate of drug-likeness (QED) is 0.473. The van der Waals surface area contributed by atoms with Crippen molar-refractivity contribution in [3.05, 3.63) is 57.6 Å². The molecule has 2 rings (SSSR count). The van der Waals surface area contributed by atoms with Crippen LogP contribution in [0.25, 0.3) is 0 Å². The van der Waals surface area contributed by atoms with E-state index in [1.807, 2.05) is 0 Å². The molecule has 0 saturated carbocycles. The second-order valence-corrected chi connectivity index (χ2v) is 5.75. The van der Waals surface area contributed by atoms with E-state index in [-0.39, 0.29) is 46.7 Å². The van der Waals surface area contributed by atoms with Crippen LogP contribution in [0, 0.1) is 0 Å². The van der Waals surface area contributed by atoms with Gasteiger partial charge in [-0.1, -0.05) is 46.8 Å². The van der Waals surface area contributed by atoms with Gasteiger partial charge in [-0.05, 0) is 35.4 Å². The standard InChI is InChI=1S/2C9H10ClNO2.Ni.H2O/c2*10-8-1-2-9(13)7(5-8)6-11-3-4-12;;/h2*1-2,5-6,12-13H,3-4H2;;1H2/q;;+2;/p-2. The van der Waals surface area contributed by atoms with Gasteiger partial charge in [0.15, 0.2) is 0 Å². The van der Waals surface area contributed by atoms with Crippen LogP contribution in [0.5, 0.6) is 11.5 Å². The number of rotatable bonds is 6. The molecule has 0 heterocycles. The molecule has 0 fully saturated rings. The summed E-state index contributed by atoms with van der Waals surface area (Å²) >= 11 is 11.4. The van der Waals surface area contributed by atoms with E-state index in [0.717, 1.165) is 0 Å². The maximum Gasteiger partial charge on any atom is 2.00 e. The molecule has 28 heavy (non-hydrogen) atoms. The van der Waals surface area contributed by atoms with Crippen molar-refractivity contribution in [3.8, 4) is 11.5 Å². The van der Waals surface area contributed by atoms with Gasteiger partial charge >= 0.3 is 16.5 Å². The molecule has 0 aliphatic rings. The summed E-state index contributed by atoms with van der Waals surface area (Å²) in [5, 5.41) is 40.2. The van der Waals surface area contributed by atoms with Gasteiger partial charge in [0.25, 0.3) is 0 Å². The van der Waals surface area contributed by atoms with Gasteiger partial charge in [-0.3, -0.25) is 9.98 Å². The molecule has 2 aromatic rings. The van der Waals surface area contributed by atoms with Crippen LogP contribution in [0.4, 0.5) is 0 Å². The number of hydrogen-bond acceptors (Lipinski definition) is 6. The Morgan fingerprint density at radius 3 is 1.46 bits per heavy atom. The molecule has 4 N–H and O–H groups in total. The summed E-state index contributed by atoms with van der Waals surface area (Å²) in [6, 6.07) is 8.95. The number of aliphatic imine (C=N–C) groups is 2. The van der Waals surface area contributed by atoms with Crippen molar-refractivity contribution in [3.63, 3.8) is 0 Å². The average molecular weight is 474 g/mol. The minimum absolute atomic E-state index is 0. The molecule has 0 aromatic heterocycles.